The number of unbranched alkanes of at least 4 members (excludes halogenated alkanes) is 2. The predicted octanol–water partition coefficient (Wildman–Crippen LogP) is 5.62. The second-order valence-corrected chi connectivity index (χ2v) is 5.66. The number of anilines is 2. The minimum atomic E-state index is -0.425. The van der Waals surface area contributed by atoms with E-state index in [-0.39, 0.29) is 5.69 Å². The zero-order valence-electron chi connectivity index (χ0n) is 13.4. The second kappa shape index (κ2) is 7.73. The van der Waals surface area contributed by atoms with Gasteiger partial charge >= 0.3 is 0 Å². The normalized spacial score (nSPS) is 10.4. The largest absolute Gasteiger partial charge is 0.352 e. The summed E-state index contributed by atoms with van der Waals surface area (Å²) in [6.45, 7) is 3.88. The van der Waals surface area contributed by atoms with Crippen molar-refractivity contribution in [2.75, 3.05) is 5.32 Å². The van der Waals surface area contributed by atoms with E-state index in [1.807, 2.05) is 0 Å². The Kier molecular flexibility index (Phi) is 5.70. The fourth-order valence-electron chi connectivity index (χ4n) is 2.52. The topological polar surface area (TPSA) is 35.8 Å². The Balaban J connectivity index is 2.35. The van der Waals surface area contributed by atoms with Gasteiger partial charge in [-0.3, -0.25) is 0 Å². The highest BCUT2D eigenvalue weighted by Gasteiger charge is 2.13. The first kappa shape index (κ1) is 17.0. The van der Waals surface area contributed by atoms with Crippen LogP contribution in [-0.4, -0.2) is 0 Å². The van der Waals surface area contributed by atoms with Gasteiger partial charge in [-0.25, -0.2) is 8.78 Å². The van der Waals surface area contributed by atoms with E-state index in [1.54, 1.807) is 19.1 Å². The summed E-state index contributed by atoms with van der Waals surface area (Å²) in [5.74, 6) is -0.851. The van der Waals surface area contributed by atoms with Crippen molar-refractivity contribution < 1.29 is 8.78 Å². The SMILES string of the molecule is CCCCCc1cc(F)cc(Nc2ccc(C)cc2F)c1C#N. The Morgan fingerprint density at radius 2 is 1.87 bits per heavy atom. The maximum absolute atomic E-state index is 14.0. The third kappa shape index (κ3) is 4.29. The zero-order chi connectivity index (χ0) is 16.8. The van der Waals surface area contributed by atoms with Crippen LogP contribution in [0.4, 0.5) is 20.2 Å². The Morgan fingerprint density at radius 3 is 2.52 bits per heavy atom. The van der Waals surface area contributed by atoms with Crippen LogP contribution < -0.4 is 5.32 Å². The smallest absolute Gasteiger partial charge is 0.146 e. The van der Waals surface area contributed by atoms with Gasteiger partial charge in [0.25, 0.3) is 0 Å². The summed E-state index contributed by atoms with van der Waals surface area (Å²) in [4.78, 5) is 0. The molecule has 0 aliphatic carbocycles. The van der Waals surface area contributed by atoms with E-state index in [1.165, 1.54) is 18.2 Å². The molecule has 0 fully saturated rings. The molecule has 0 unspecified atom stereocenters. The summed E-state index contributed by atoms with van der Waals surface area (Å²) in [7, 11) is 0. The first-order valence-corrected chi connectivity index (χ1v) is 7.80. The van der Waals surface area contributed by atoms with Gasteiger partial charge < -0.3 is 5.32 Å². The molecule has 0 aliphatic heterocycles. The van der Waals surface area contributed by atoms with Gasteiger partial charge in [0.1, 0.15) is 17.7 Å². The molecule has 2 rings (SSSR count). The van der Waals surface area contributed by atoms with Crippen molar-refractivity contribution in [3.63, 3.8) is 0 Å². The van der Waals surface area contributed by atoms with E-state index in [4.69, 9.17) is 0 Å². The lowest BCUT2D eigenvalue weighted by Crippen LogP contribution is -2.01. The van der Waals surface area contributed by atoms with Crippen molar-refractivity contribution >= 4 is 11.4 Å². The minimum absolute atomic E-state index is 0.234. The lowest BCUT2D eigenvalue weighted by atomic mass is 10.00. The van der Waals surface area contributed by atoms with E-state index in [0.717, 1.165) is 24.8 Å². The predicted molar refractivity (Wildman–Crippen MR) is 88.8 cm³/mol. The fourth-order valence-corrected chi connectivity index (χ4v) is 2.52. The summed E-state index contributed by atoms with van der Waals surface area (Å²) in [6.07, 6.45) is 3.61. The van der Waals surface area contributed by atoms with Crippen molar-refractivity contribution in [1.82, 2.24) is 0 Å². The summed E-state index contributed by atoms with van der Waals surface area (Å²) >= 11 is 0. The van der Waals surface area contributed by atoms with E-state index in [9.17, 15) is 14.0 Å². The van der Waals surface area contributed by atoms with Gasteiger partial charge in [-0.1, -0.05) is 25.8 Å². The van der Waals surface area contributed by atoms with Crippen LogP contribution in [0.25, 0.3) is 0 Å². The van der Waals surface area contributed by atoms with Crippen molar-refractivity contribution in [2.45, 2.75) is 39.5 Å². The van der Waals surface area contributed by atoms with Gasteiger partial charge in [0, 0.05) is 0 Å². The molecule has 2 aromatic carbocycles. The van der Waals surface area contributed by atoms with Crippen molar-refractivity contribution in [2.24, 2.45) is 0 Å². The molecular formula is C19H20F2N2. The second-order valence-electron chi connectivity index (χ2n) is 5.66. The lowest BCUT2D eigenvalue weighted by molar-refractivity contribution is 0.622. The van der Waals surface area contributed by atoms with Gasteiger partial charge in [0.05, 0.1) is 16.9 Å². The molecule has 0 saturated heterocycles. The third-order valence-corrected chi connectivity index (χ3v) is 3.74. The monoisotopic (exact) mass is 314 g/mol. The standard InChI is InChI=1S/C19H20F2N2/c1-3-4-5-6-14-10-15(20)11-19(16(14)12-22)23-18-8-7-13(2)9-17(18)21/h7-11,23H,3-6H2,1-2H3. The summed E-state index contributed by atoms with van der Waals surface area (Å²) in [5, 5.41) is 12.3. The first-order valence-electron chi connectivity index (χ1n) is 7.80. The van der Waals surface area contributed by atoms with Crippen LogP contribution >= 0.6 is 0 Å². The van der Waals surface area contributed by atoms with Crippen LogP contribution in [-0.2, 0) is 6.42 Å². The summed E-state index contributed by atoms with van der Waals surface area (Å²) in [6, 6.07) is 9.50. The maximum Gasteiger partial charge on any atom is 0.146 e. The molecule has 0 aliphatic rings. The molecule has 1 N–H and O–H groups in total. The lowest BCUT2D eigenvalue weighted by Gasteiger charge is -2.13. The molecule has 0 bridgehead atoms. The first-order chi connectivity index (χ1) is 11.0. The van der Waals surface area contributed by atoms with Gasteiger partial charge in [0.15, 0.2) is 0 Å². The van der Waals surface area contributed by atoms with Gasteiger partial charge in [0.2, 0.25) is 0 Å². The number of halogens is 2. The van der Waals surface area contributed by atoms with E-state index in [2.05, 4.69) is 18.3 Å². The number of rotatable bonds is 6. The Hall–Kier alpha value is -2.41. The van der Waals surface area contributed by atoms with E-state index in [0.29, 0.717) is 23.2 Å². The van der Waals surface area contributed by atoms with Crippen molar-refractivity contribution in [1.29, 1.82) is 5.26 Å². The molecule has 2 aromatic rings. The summed E-state index contributed by atoms with van der Waals surface area (Å²) < 4.78 is 27.9. The zero-order valence-corrected chi connectivity index (χ0v) is 13.4. The van der Waals surface area contributed by atoms with Crippen molar-refractivity contribution in [3.8, 4) is 6.07 Å². The third-order valence-electron chi connectivity index (χ3n) is 3.74. The number of hydrogen-bond donors (Lipinski definition) is 1. The molecule has 120 valence electrons. The maximum atomic E-state index is 14.0. The number of nitrogens with one attached hydrogen (secondary N) is 1. The number of benzene rings is 2. The highest BCUT2D eigenvalue weighted by Crippen LogP contribution is 2.28. The minimum Gasteiger partial charge on any atom is -0.352 e. The average Bonchev–Trinajstić information content (AvgIpc) is 2.50. The van der Waals surface area contributed by atoms with Crippen LogP contribution in [0.5, 0.6) is 0 Å². The fraction of sp³-hybridized carbons (Fsp3) is 0.316. The van der Waals surface area contributed by atoms with Gasteiger partial charge in [-0.15, -0.1) is 0 Å². The van der Waals surface area contributed by atoms with E-state index >= 15 is 0 Å². The molecule has 0 aromatic heterocycles. The van der Waals surface area contributed by atoms with Crippen LogP contribution in [0.3, 0.4) is 0 Å². The number of nitrogens with zero attached hydrogens (tertiary/aromatic N) is 1. The number of hydrogen-bond acceptors (Lipinski definition) is 2. The molecule has 0 amide bonds. The van der Waals surface area contributed by atoms with Crippen LogP contribution in [0, 0.1) is 29.9 Å². The van der Waals surface area contributed by atoms with Crippen LogP contribution in [0.15, 0.2) is 30.3 Å². The molecule has 2 nitrogen and oxygen atoms in total. The van der Waals surface area contributed by atoms with Gasteiger partial charge in [-0.2, -0.15) is 5.26 Å². The highest BCUT2D eigenvalue weighted by atomic mass is 19.1. The molecule has 0 saturated carbocycles. The Morgan fingerprint density at radius 1 is 1.09 bits per heavy atom. The van der Waals surface area contributed by atoms with Crippen molar-refractivity contribution in [3.05, 3.63) is 58.7 Å². The Bertz CT molecular complexity index is 733. The molecule has 0 atom stereocenters. The summed E-state index contributed by atoms with van der Waals surface area (Å²) in [5.41, 5.74) is 2.38. The Labute approximate surface area is 135 Å². The number of aryl methyl sites for hydroxylation is 2. The molecule has 0 radical (unpaired) electrons. The van der Waals surface area contributed by atoms with E-state index < -0.39 is 11.6 Å². The van der Waals surface area contributed by atoms with Gasteiger partial charge in [-0.05, 0) is 55.2 Å². The quantitative estimate of drug-likeness (QED) is 0.702. The molecule has 4 heteroatoms. The van der Waals surface area contributed by atoms with Crippen LogP contribution in [0.2, 0.25) is 0 Å². The molecule has 0 spiro atoms. The molecule has 0 heterocycles. The average molecular weight is 314 g/mol. The molecular weight excluding hydrogens is 294 g/mol. The van der Waals surface area contributed by atoms with Crippen LogP contribution in [0.1, 0.15) is 42.9 Å². The number of nitriles is 1. The molecule has 23 heavy (non-hydrogen) atoms. The highest BCUT2D eigenvalue weighted by molar-refractivity contribution is 5.69.